The van der Waals surface area contributed by atoms with Gasteiger partial charge in [-0.1, -0.05) is 25.0 Å². The summed E-state index contributed by atoms with van der Waals surface area (Å²) in [6.07, 6.45) is 5.65. The molecule has 0 aromatic rings. The molecule has 0 bridgehead atoms. The van der Waals surface area contributed by atoms with Crippen molar-refractivity contribution in [3.63, 3.8) is 0 Å². The zero-order valence-corrected chi connectivity index (χ0v) is 18.2. The van der Waals surface area contributed by atoms with E-state index in [1.54, 1.807) is 12.2 Å². The van der Waals surface area contributed by atoms with E-state index in [-0.39, 0.29) is 29.0 Å². The molecular weight excluding hydrogens is 384 g/mol. The number of hydrogen-bond acceptors (Lipinski definition) is 6. The molecule has 0 heterocycles. The fourth-order valence-corrected chi connectivity index (χ4v) is 7.43. The van der Waals surface area contributed by atoms with Crippen LogP contribution in [0.1, 0.15) is 59.8 Å². The third kappa shape index (κ3) is 2.72. The Kier molecular flexibility index (Phi) is 4.90. The summed E-state index contributed by atoms with van der Waals surface area (Å²) in [6.45, 7) is 6.82. The van der Waals surface area contributed by atoms with Gasteiger partial charge < -0.3 is 14.9 Å². The van der Waals surface area contributed by atoms with Crippen LogP contribution in [-0.2, 0) is 19.1 Å². The summed E-state index contributed by atoms with van der Waals surface area (Å²) in [6, 6.07) is 0. The molecule has 6 heteroatoms. The lowest BCUT2D eigenvalue weighted by molar-refractivity contribution is -0.181. The Bertz CT molecular complexity index is 871. The number of allylic oxidation sites excluding steroid dienone is 4. The first-order valence-corrected chi connectivity index (χ1v) is 11.0. The van der Waals surface area contributed by atoms with Crippen molar-refractivity contribution in [2.75, 3.05) is 6.61 Å². The number of Topliss-reactive ketones (excluding diaryl/α,β-unsaturated/α-hetero) is 1. The van der Waals surface area contributed by atoms with Gasteiger partial charge in [-0.05, 0) is 63.0 Å². The van der Waals surface area contributed by atoms with Gasteiger partial charge in [0, 0.05) is 23.7 Å². The Hall–Kier alpha value is -1.79. The maximum absolute atomic E-state index is 12.9. The van der Waals surface area contributed by atoms with E-state index in [9.17, 15) is 24.6 Å². The van der Waals surface area contributed by atoms with E-state index < -0.39 is 35.5 Å². The van der Waals surface area contributed by atoms with Gasteiger partial charge in [0.05, 0.1) is 6.10 Å². The third-order valence-electron chi connectivity index (χ3n) is 9.05. The Morgan fingerprint density at radius 2 is 1.93 bits per heavy atom. The van der Waals surface area contributed by atoms with Gasteiger partial charge in [0.15, 0.2) is 12.4 Å². The number of rotatable bonds is 3. The SMILES string of the molecule is CC(=O)OCC(=O)[C@@]1(O)CC[C@H]2[C@@H]3CCC4=CC(=O)C=C(C)[C@]4(C)[C@H]3[C@H](O)C[C@@]21C. The van der Waals surface area contributed by atoms with E-state index in [1.807, 2.05) is 13.8 Å². The Morgan fingerprint density at radius 1 is 1.23 bits per heavy atom. The highest BCUT2D eigenvalue weighted by Gasteiger charge is 2.68. The van der Waals surface area contributed by atoms with Crippen LogP contribution in [0.15, 0.2) is 23.3 Å². The van der Waals surface area contributed by atoms with Crippen molar-refractivity contribution in [3.8, 4) is 0 Å². The Morgan fingerprint density at radius 3 is 2.60 bits per heavy atom. The molecule has 6 nitrogen and oxygen atoms in total. The fourth-order valence-electron chi connectivity index (χ4n) is 7.43. The molecule has 7 atom stereocenters. The number of ether oxygens (including phenoxy) is 1. The number of fused-ring (bicyclic) bond motifs is 5. The first kappa shape index (κ1) is 21.4. The lowest BCUT2D eigenvalue weighted by Gasteiger charge is -2.60. The molecule has 0 amide bonds. The highest BCUT2D eigenvalue weighted by molar-refractivity contribution is 6.02. The number of carbonyl (C=O) groups is 3. The summed E-state index contributed by atoms with van der Waals surface area (Å²) in [5, 5.41) is 22.9. The predicted molar refractivity (Wildman–Crippen MR) is 109 cm³/mol. The average molecular weight is 417 g/mol. The molecule has 0 unspecified atom stereocenters. The number of aliphatic hydroxyl groups excluding tert-OH is 1. The lowest BCUT2D eigenvalue weighted by atomic mass is 9.45. The molecule has 164 valence electrons. The molecule has 0 aliphatic heterocycles. The first-order valence-electron chi connectivity index (χ1n) is 11.0. The van der Waals surface area contributed by atoms with E-state index in [0.717, 1.165) is 24.0 Å². The molecule has 3 fully saturated rings. The molecule has 2 N–H and O–H groups in total. The maximum Gasteiger partial charge on any atom is 0.303 e. The van der Waals surface area contributed by atoms with Gasteiger partial charge in [-0.3, -0.25) is 14.4 Å². The second-order valence-electron chi connectivity index (χ2n) is 10.2. The summed E-state index contributed by atoms with van der Waals surface area (Å²) in [5.41, 5.74) is -0.675. The molecular formula is C24H32O6. The van der Waals surface area contributed by atoms with Crippen molar-refractivity contribution >= 4 is 17.5 Å². The first-order chi connectivity index (χ1) is 13.9. The van der Waals surface area contributed by atoms with Crippen LogP contribution < -0.4 is 0 Å². The summed E-state index contributed by atoms with van der Waals surface area (Å²) in [4.78, 5) is 36.2. The zero-order valence-electron chi connectivity index (χ0n) is 18.2. The predicted octanol–water partition coefficient (Wildman–Crippen LogP) is 2.52. The van der Waals surface area contributed by atoms with Gasteiger partial charge in [0.1, 0.15) is 5.60 Å². The van der Waals surface area contributed by atoms with Crippen LogP contribution in [0.25, 0.3) is 0 Å². The molecule has 4 aliphatic carbocycles. The lowest BCUT2D eigenvalue weighted by Crippen LogP contribution is -2.62. The molecule has 30 heavy (non-hydrogen) atoms. The van der Waals surface area contributed by atoms with Crippen molar-refractivity contribution in [2.45, 2.75) is 71.5 Å². The molecule has 0 aromatic carbocycles. The average Bonchev–Trinajstić information content (AvgIpc) is 2.92. The quantitative estimate of drug-likeness (QED) is 0.686. The summed E-state index contributed by atoms with van der Waals surface area (Å²) in [7, 11) is 0. The van der Waals surface area contributed by atoms with Crippen LogP contribution in [0.3, 0.4) is 0 Å². The Balaban J connectivity index is 1.69. The smallest absolute Gasteiger partial charge is 0.303 e. The van der Waals surface area contributed by atoms with E-state index in [4.69, 9.17) is 4.74 Å². The molecule has 0 saturated heterocycles. The van der Waals surface area contributed by atoms with Gasteiger partial charge in [0.2, 0.25) is 5.78 Å². The molecule has 4 rings (SSSR count). The molecule has 3 saturated carbocycles. The van der Waals surface area contributed by atoms with Crippen LogP contribution in [0.5, 0.6) is 0 Å². The minimum atomic E-state index is -1.61. The van der Waals surface area contributed by atoms with Crippen molar-refractivity contribution in [1.29, 1.82) is 0 Å². The standard InChI is InChI=1S/C24H32O6/c1-13-9-16(26)10-15-5-6-17-18-7-8-24(29,20(28)12-30-14(2)25)22(18,3)11-19(27)21(17)23(13,15)4/h9-10,17-19,21,27,29H,5-8,11-12H2,1-4H3/t17-,18-,19+,21+,22-,23-,24-/m0/s1. The van der Waals surface area contributed by atoms with Gasteiger partial charge in [-0.25, -0.2) is 0 Å². The number of aliphatic hydroxyl groups is 2. The van der Waals surface area contributed by atoms with Crippen LogP contribution in [0.2, 0.25) is 0 Å². The molecule has 4 aliphatic rings. The minimum Gasteiger partial charge on any atom is -0.458 e. The molecule has 0 aromatic heterocycles. The van der Waals surface area contributed by atoms with E-state index in [2.05, 4.69) is 6.92 Å². The maximum atomic E-state index is 12.9. The van der Waals surface area contributed by atoms with Crippen molar-refractivity contribution in [1.82, 2.24) is 0 Å². The number of ketones is 2. The topological polar surface area (TPSA) is 101 Å². The van der Waals surface area contributed by atoms with Crippen LogP contribution in [0, 0.1) is 28.6 Å². The normalized spacial score (nSPS) is 44.9. The summed E-state index contributed by atoms with van der Waals surface area (Å²) < 4.78 is 4.89. The molecule has 0 spiro atoms. The van der Waals surface area contributed by atoms with Crippen LogP contribution in [0.4, 0.5) is 0 Å². The highest BCUT2D eigenvalue weighted by Crippen LogP contribution is 2.67. The second-order valence-corrected chi connectivity index (χ2v) is 10.2. The van der Waals surface area contributed by atoms with Crippen LogP contribution >= 0.6 is 0 Å². The van der Waals surface area contributed by atoms with Crippen molar-refractivity contribution in [2.24, 2.45) is 28.6 Å². The van der Waals surface area contributed by atoms with Gasteiger partial charge in [-0.2, -0.15) is 0 Å². The number of hydrogen-bond donors (Lipinski definition) is 2. The third-order valence-corrected chi connectivity index (χ3v) is 9.05. The minimum absolute atomic E-state index is 0.0138. The van der Waals surface area contributed by atoms with Crippen molar-refractivity contribution < 1.29 is 29.3 Å². The fraction of sp³-hybridized carbons (Fsp3) is 0.708. The zero-order chi connectivity index (χ0) is 22.1. The van der Waals surface area contributed by atoms with Gasteiger partial charge in [0.25, 0.3) is 0 Å². The van der Waals surface area contributed by atoms with E-state index >= 15 is 0 Å². The van der Waals surface area contributed by atoms with Gasteiger partial charge in [-0.15, -0.1) is 0 Å². The van der Waals surface area contributed by atoms with Gasteiger partial charge >= 0.3 is 5.97 Å². The Labute approximate surface area is 177 Å². The largest absolute Gasteiger partial charge is 0.458 e. The van der Waals surface area contributed by atoms with Crippen LogP contribution in [-0.4, -0.2) is 46.1 Å². The van der Waals surface area contributed by atoms with Crippen molar-refractivity contribution in [3.05, 3.63) is 23.3 Å². The number of carbonyl (C=O) groups excluding carboxylic acids is 3. The summed E-state index contributed by atoms with van der Waals surface area (Å²) >= 11 is 0. The summed E-state index contributed by atoms with van der Waals surface area (Å²) in [5.74, 6) is -0.834. The van der Waals surface area contributed by atoms with E-state index in [0.29, 0.717) is 19.3 Å². The molecule has 0 radical (unpaired) electrons. The van der Waals surface area contributed by atoms with E-state index in [1.165, 1.54) is 6.92 Å². The monoisotopic (exact) mass is 416 g/mol. The second kappa shape index (κ2) is 6.86. The highest BCUT2D eigenvalue weighted by atomic mass is 16.5. The number of esters is 1.